The van der Waals surface area contributed by atoms with Crippen LogP contribution in [-0.4, -0.2) is 13.1 Å². The van der Waals surface area contributed by atoms with Crippen molar-refractivity contribution in [3.05, 3.63) is 29.6 Å². The first kappa shape index (κ1) is 11.9. The minimum Gasteiger partial charge on any atom is -0.371 e. The highest BCUT2D eigenvalue weighted by Gasteiger charge is 2.20. The highest BCUT2D eigenvalue weighted by Crippen LogP contribution is 2.28. The lowest BCUT2D eigenvalue weighted by atomic mass is 9.94. The molecule has 0 atom stereocenters. The number of benzene rings is 1. The smallest absolute Gasteiger partial charge is 0.124 e. The predicted molar refractivity (Wildman–Crippen MR) is 66.4 cm³/mol. The van der Waals surface area contributed by atoms with Gasteiger partial charge >= 0.3 is 0 Å². The van der Waals surface area contributed by atoms with Crippen molar-refractivity contribution >= 4 is 5.69 Å². The van der Waals surface area contributed by atoms with Gasteiger partial charge in [0.1, 0.15) is 11.9 Å². The van der Waals surface area contributed by atoms with Crippen molar-refractivity contribution in [1.82, 2.24) is 0 Å². The second-order valence-electron chi connectivity index (χ2n) is 4.68. The first-order valence-electron chi connectivity index (χ1n) is 6.15. The van der Waals surface area contributed by atoms with Crippen molar-refractivity contribution in [1.29, 1.82) is 5.26 Å². The van der Waals surface area contributed by atoms with Crippen LogP contribution in [0.15, 0.2) is 18.2 Å². The summed E-state index contributed by atoms with van der Waals surface area (Å²) in [5, 5.41) is 9.05. The first-order valence-corrected chi connectivity index (χ1v) is 6.15. The molecule has 0 spiro atoms. The van der Waals surface area contributed by atoms with Gasteiger partial charge in [0.2, 0.25) is 0 Å². The van der Waals surface area contributed by atoms with E-state index in [4.69, 9.17) is 5.26 Å². The van der Waals surface area contributed by atoms with Crippen LogP contribution in [-0.2, 0) is 0 Å². The lowest BCUT2D eigenvalue weighted by Crippen LogP contribution is -2.33. The van der Waals surface area contributed by atoms with Gasteiger partial charge in [0.15, 0.2) is 0 Å². The van der Waals surface area contributed by atoms with E-state index in [2.05, 4.69) is 11.0 Å². The molecule has 1 aliphatic carbocycles. The molecule has 0 heterocycles. The van der Waals surface area contributed by atoms with E-state index in [-0.39, 0.29) is 5.82 Å². The predicted octanol–water partition coefficient (Wildman–Crippen LogP) is 3.47. The molecule has 0 N–H and O–H groups in total. The third kappa shape index (κ3) is 2.58. The Kier molecular flexibility index (Phi) is 3.63. The topological polar surface area (TPSA) is 27.0 Å². The molecule has 0 unspecified atom stereocenters. The summed E-state index contributed by atoms with van der Waals surface area (Å²) in [5.41, 5.74) is 1.28. The van der Waals surface area contributed by atoms with Gasteiger partial charge in [0.05, 0.1) is 11.3 Å². The number of nitrogens with zero attached hydrogens (tertiary/aromatic N) is 2. The summed E-state index contributed by atoms with van der Waals surface area (Å²) in [6.07, 6.45) is 6.13. The zero-order chi connectivity index (χ0) is 12.3. The normalized spacial score (nSPS) is 16.5. The molecule has 3 heteroatoms. The highest BCUT2D eigenvalue weighted by molar-refractivity contribution is 5.59. The molecule has 0 saturated heterocycles. The maximum atomic E-state index is 13.1. The molecule has 17 heavy (non-hydrogen) atoms. The van der Waals surface area contributed by atoms with Crippen LogP contribution < -0.4 is 4.90 Å². The quantitative estimate of drug-likeness (QED) is 0.780. The molecular weight excluding hydrogens is 215 g/mol. The number of hydrogen-bond acceptors (Lipinski definition) is 2. The van der Waals surface area contributed by atoms with E-state index in [1.807, 2.05) is 7.05 Å². The van der Waals surface area contributed by atoms with Crippen molar-refractivity contribution in [2.24, 2.45) is 0 Å². The van der Waals surface area contributed by atoms with Crippen LogP contribution in [0.1, 0.15) is 37.7 Å². The van der Waals surface area contributed by atoms with Gasteiger partial charge in [-0.1, -0.05) is 19.3 Å². The van der Waals surface area contributed by atoms with Crippen LogP contribution in [0, 0.1) is 17.1 Å². The standard InChI is InChI=1S/C14H17FN2/c1-17(13-5-3-2-4-6-13)14-8-7-12(15)9-11(14)10-16/h7-9,13H,2-6H2,1H3. The Bertz CT molecular complexity index is 430. The minimum absolute atomic E-state index is 0.345. The van der Waals surface area contributed by atoms with Crippen LogP contribution >= 0.6 is 0 Å². The van der Waals surface area contributed by atoms with Crippen molar-refractivity contribution < 1.29 is 4.39 Å². The number of halogens is 1. The van der Waals surface area contributed by atoms with Crippen molar-refractivity contribution in [2.75, 3.05) is 11.9 Å². The van der Waals surface area contributed by atoms with Crippen LogP contribution in [0.5, 0.6) is 0 Å². The summed E-state index contributed by atoms with van der Waals surface area (Å²) in [6.45, 7) is 0. The molecule has 1 fully saturated rings. The minimum atomic E-state index is -0.345. The molecule has 2 rings (SSSR count). The van der Waals surface area contributed by atoms with Gasteiger partial charge in [-0.05, 0) is 31.0 Å². The summed E-state index contributed by atoms with van der Waals surface area (Å²) < 4.78 is 13.1. The molecule has 2 nitrogen and oxygen atoms in total. The second-order valence-corrected chi connectivity index (χ2v) is 4.68. The van der Waals surface area contributed by atoms with Crippen LogP contribution in [0.3, 0.4) is 0 Å². The fourth-order valence-corrected chi connectivity index (χ4v) is 2.57. The molecule has 1 aromatic rings. The number of anilines is 1. The van der Waals surface area contributed by atoms with Gasteiger partial charge in [-0.25, -0.2) is 4.39 Å². The van der Waals surface area contributed by atoms with Gasteiger partial charge in [-0.2, -0.15) is 5.26 Å². The van der Waals surface area contributed by atoms with Gasteiger partial charge in [0.25, 0.3) is 0 Å². The Morgan fingerprint density at radius 2 is 2.00 bits per heavy atom. The van der Waals surface area contributed by atoms with Crippen molar-refractivity contribution in [3.8, 4) is 6.07 Å². The fraction of sp³-hybridized carbons (Fsp3) is 0.500. The molecule has 0 bridgehead atoms. The Hall–Kier alpha value is -1.56. The molecule has 0 radical (unpaired) electrons. The molecule has 1 aliphatic rings. The fourth-order valence-electron chi connectivity index (χ4n) is 2.57. The summed E-state index contributed by atoms with van der Waals surface area (Å²) in [4.78, 5) is 2.14. The molecule has 0 aromatic heterocycles. The van der Waals surface area contributed by atoms with Crippen molar-refractivity contribution in [3.63, 3.8) is 0 Å². The SMILES string of the molecule is CN(c1ccc(F)cc1C#N)C1CCCCC1. The van der Waals surface area contributed by atoms with E-state index in [0.29, 0.717) is 11.6 Å². The summed E-state index contributed by atoms with van der Waals surface area (Å²) in [7, 11) is 2.00. The van der Waals surface area contributed by atoms with Crippen LogP contribution in [0.4, 0.5) is 10.1 Å². The summed E-state index contributed by atoms with van der Waals surface area (Å²) in [6, 6.07) is 7.01. The molecule has 1 aromatic carbocycles. The Morgan fingerprint density at radius 3 is 2.65 bits per heavy atom. The molecule has 0 aliphatic heterocycles. The van der Waals surface area contributed by atoms with E-state index in [1.54, 1.807) is 6.07 Å². The first-order chi connectivity index (χ1) is 8.22. The lowest BCUT2D eigenvalue weighted by molar-refractivity contribution is 0.427. The Morgan fingerprint density at radius 1 is 1.29 bits per heavy atom. The zero-order valence-corrected chi connectivity index (χ0v) is 10.1. The Labute approximate surface area is 102 Å². The zero-order valence-electron chi connectivity index (χ0n) is 10.1. The summed E-state index contributed by atoms with van der Waals surface area (Å²) >= 11 is 0. The molecule has 0 amide bonds. The largest absolute Gasteiger partial charge is 0.371 e. The highest BCUT2D eigenvalue weighted by atomic mass is 19.1. The average molecular weight is 232 g/mol. The van der Waals surface area contributed by atoms with E-state index in [0.717, 1.165) is 5.69 Å². The lowest BCUT2D eigenvalue weighted by Gasteiger charge is -2.33. The van der Waals surface area contributed by atoms with Crippen LogP contribution in [0.25, 0.3) is 0 Å². The van der Waals surface area contributed by atoms with Crippen LogP contribution in [0.2, 0.25) is 0 Å². The molecule has 1 saturated carbocycles. The Balaban J connectivity index is 2.23. The van der Waals surface area contributed by atoms with Gasteiger partial charge in [0, 0.05) is 13.1 Å². The van der Waals surface area contributed by atoms with Gasteiger partial charge < -0.3 is 4.90 Å². The third-order valence-electron chi connectivity index (χ3n) is 3.58. The van der Waals surface area contributed by atoms with Gasteiger partial charge in [-0.15, -0.1) is 0 Å². The maximum Gasteiger partial charge on any atom is 0.124 e. The molecule has 90 valence electrons. The molecular formula is C14H17FN2. The maximum absolute atomic E-state index is 13.1. The number of nitriles is 1. The number of hydrogen-bond donors (Lipinski definition) is 0. The third-order valence-corrected chi connectivity index (χ3v) is 3.58. The van der Waals surface area contributed by atoms with E-state index in [9.17, 15) is 4.39 Å². The number of rotatable bonds is 2. The van der Waals surface area contributed by atoms with E-state index in [1.165, 1.54) is 44.2 Å². The van der Waals surface area contributed by atoms with Crippen molar-refractivity contribution in [2.45, 2.75) is 38.1 Å². The van der Waals surface area contributed by atoms with Gasteiger partial charge in [-0.3, -0.25) is 0 Å². The average Bonchev–Trinajstić information content (AvgIpc) is 2.39. The monoisotopic (exact) mass is 232 g/mol. The van der Waals surface area contributed by atoms with E-state index < -0.39 is 0 Å². The van der Waals surface area contributed by atoms with E-state index >= 15 is 0 Å². The summed E-state index contributed by atoms with van der Waals surface area (Å²) in [5.74, 6) is -0.345. The second kappa shape index (κ2) is 5.18.